The molecule has 0 saturated carbocycles. The van der Waals surface area contributed by atoms with E-state index in [1.807, 2.05) is 54.6 Å². The normalized spacial score (nSPS) is 11.8. The number of hydrogen-bond donors (Lipinski definition) is 0. The van der Waals surface area contributed by atoms with Gasteiger partial charge in [-0.25, -0.2) is 29.9 Å². The van der Waals surface area contributed by atoms with Gasteiger partial charge >= 0.3 is 0 Å². The van der Waals surface area contributed by atoms with Crippen LogP contribution in [-0.4, -0.2) is 29.9 Å². The predicted octanol–water partition coefficient (Wildman–Crippen LogP) is 25.4. The van der Waals surface area contributed by atoms with E-state index < -0.39 is 0 Å². The standard InChI is InChI=1S/C96H56N6O2/c1-4-21-57(22-5-1)71-36-19-37-77-87-78(38-20-40-84(87)104-89(71)77)94-99-92(63-45-41-60(42-46-63)80-56-67-48-44-59-25-10-12-31-69(59)85(67)74-34-15-14-33-73(74)80)97-93(101-94)68-30-18-29-64(53-68)65-47-43-61-49-50-75-82(55-66-28-11-13-32-70(66)86(75)81(61)54-65)96-100-91(62-26-8-3-9-27-62)98-95(102-96)79-52-51-72(58-23-6-2-7-24-58)90-88(79)76-35-16-17-39-83(76)103-90/h1-56H. The van der Waals surface area contributed by atoms with Crippen LogP contribution in [-0.2, 0) is 0 Å². The summed E-state index contributed by atoms with van der Waals surface area (Å²) in [7, 11) is 0. The fourth-order valence-corrected chi connectivity index (χ4v) is 15.9. The van der Waals surface area contributed by atoms with E-state index in [0.717, 1.165) is 154 Å². The smallest absolute Gasteiger partial charge is 0.164 e. The van der Waals surface area contributed by atoms with Gasteiger partial charge in [-0.3, -0.25) is 0 Å². The summed E-state index contributed by atoms with van der Waals surface area (Å²) < 4.78 is 13.6. The fourth-order valence-electron chi connectivity index (χ4n) is 15.9. The molecule has 21 rings (SSSR count). The van der Waals surface area contributed by atoms with Crippen molar-refractivity contribution < 1.29 is 8.83 Å². The minimum Gasteiger partial charge on any atom is -0.455 e. The average Bonchev–Trinajstić information content (AvgIpc) is 1.31. The van der Waals surface area contributed by atoms with Gasteiger partial charge < -0.3 is 8.83 Å². The molecule has 0 aliphatic carbocycles. The van der Waals surface area contributed by atoms with Crippen molar-refractivity contribution in [3.05, 3.63) is 340 Å². The molecule has 21 aromatic rings. The maximum Gasteiger partial charge on any atom is 0.164 e. The van der Waals surface area contributed by atoms with Crippen molar-refractivity contribution in [1.29, 1.82) is 0 Å². The van der Waals surface area contributed by atoms with Crippen LogP contribution in [0.25, 0.3) is 221 Å². The quantitative estimate of drug-likeness (QED) is 0.125. The molecule has 0 aliphatic rings. The van der Waals surface area contributed by atoms with Crippen molar-refractivity contribution in [2.45, 2.75) is 0 Å². The first-order valence-corrected chi connectivity index (χ1v) is 35.0. The maximum absolute atomic E-state index is 6.84. The lowest BCUT2D eigenvalue weighted by atomic mass is 9.90. The van der Waals surface area contributed by atoms with Crippen LogP contribution in [0.2, 0.25) is 0 Å². The van der Waals surface area contributed by atoms with E-state index in [2.05, 4.69) is 285 Å². The Morgan fingerprint density at radius 1 is 0.163 bits per heavy atom. The van der Waals surface area contributed by atoms with E-state index in [-0.39, 0.29) is 0 Å². The summed E-state index contributed by atoms with van der Waals surface area (Å²) in [5.74, 6) is 3.32. The molecule has 0 spiro atoms. The number of nitrogens with zero attached hydrogens (tertiary/aromatic N) is 6. The first kappa shape index (κ1) is 58.8. The Morgan fingerprint density at radius 2 is 0.596 bits per heavy atom. The van der Waals surface area contributed by atoms with Gasteiger partial charge in [-0.15, -0.1) is 0 Å². The summed E-state index contributed by atoms with van der Waals surface area (Å²) in [5, 5.41) is 17.7. The second-order valence-electron chi connectivity index (χ2n) is 26.7. The number of hydrogen-bond acceptors (Lipinski definition) is 8. The zero-order chi connectivity index (χ0) is 68.3. The van der Waals surface area contributed by atoms with Crippen LogP contribution in [0.4, 0.5) is 0 Å². The van der Waals surface area contributed by atoms with Crippen LogP contribution in [0.15, 0.2) is 349 Å². The highest BCUT2D eigenvalue weighted by Gasteiger charge is 2.25. The van der Waals surface area contributed by atoms with Crippen LogP contribution >= 0.6 is 0 Å². The van der Waals surface area contributed by atoms with Crippen LogP contribution in [0.3, 0.4) is 0 Å². The SMILES string of the molecule is c1ccc(-c2nc(-c3cc4ccccc4c4c3ccc3ccc(-c5cccc(-c6nc(-c7ccc(-c8cc9ccc%10ccccc%10c9c9ccccc89)cc7)nc(-c7cccc8oc9c(-c%10ccccc%10)cccc9c78)n6)c5)cc34)nc(-c3ccc(-c4ccccc4)c4oc5ccccc5c34)n2)cc1. The molecule has 0 unspecified atom stereocenters. The number of para-hydroxylation sites is 2. The van der Waals surface area contributed by atoms with Crippen LogP contribution in [0.1, 0.15) is 0 Å². The first-order chi connectivity index (χ1) is 51.5. The summed E-state index contributed by atoms with van der Waals surface area (Å²) in [4.78, 5) is 32.6. The fraction of sp³-hybridized carbons (Fsp3) is 0. The third-order valence-corrected chi connectivity index (χ3v) is 20.7. The number of rotatable bonds is 10. The van der Waals surface area contributed by atoms with E-state index in [1.54, 1.807) is 0 Å². The van der Waals surface area contributed by atoms with E-state index >= 15 is 0 Å². The molecular weight excluding hydrogens is 1270 g/mol. The summed E-state index contributed by atoms with van der Waals surface area (Å²) in [6, 6.07) is 120. The van der Waals surface area contributed by atoms with Crippen molar-refractivity contribution in [3.63, 3.8) is 0 Å². The molecule has 104 heavy (non-hydrogen) atoms. The van der Waals surface area contributed by atoms with Crippen LogP contribution in [0.5, 0.6) is 0 Å². The lowest BCUT2D eigenvalue weighted by Crippen LogP contribution is -2.01. The van der Waals surface area contributed by atoms with Crippen molar-refractivity contribution in [2.75, 3.05) is 0 Å². The van der Waals surface area contributed by atoms with Gasteiger partial charge in [-0.2, -0.15) is 0 Å². The molecule has 0 amide bonds. The number of furan rings is 2. The summed E-state index contributed by atoms with van der Waals surface area (Å²) in [6.45, 7) is 0. The van der Waals surface area contributed by atoms with Crippen molar-refractivity contribution in [3.8, 4) is 113 Å². The van der Waals surface area contributed by atoms with Gasteiger partial charge in [0, 0.05) is 66.1 Å². The highest BCUT2D eigenvalue weighted by Crippen LogP contribution is 2.47. The van der Waals surface area contributed by atoms with Crippen molar-refractivity contribution in [2.24, 2.45) is 0 Å². The highest BCUT2D eigenvalue weighted by molar-refractivity contribution is 6.26. The van der Waals surface area contributed by atoms with Gasteiger partial charge in [0.25, 0.3) is 0 Å². The highest BCUT2D eigenvalue weighted by atomic mass is 16.3. The number of fused-ring (bicyclic) bond motifs is 16. The molecule has 0 bridgehead atoms. The minimum atomic E-state index is 0.538. The summed E-state index contributed by atoms with van der Waals surface area (Å²) in [6.07, 6.45) is 0. The Bertz CT molecular complexity index is 7090. The average molecular weight is 1330 g/mol. The van der Waals surface area contributed by atoms with Crippen molar-refractivity contribution >= 4 is 109 Å². The van der Waals surface area contributed by atoms with Gasteiger partial charge in [0.05, 0.1) is 0 Å². The number of benzene rings is 17. The maximum atomic E-state index is 6.84. The van der Waals surface area contributed by atoms with E-state index in [1.165, 1.54) is 32.3 Å². The molecule has 8 heteroatoms. The molecular formula is C96H56N6O2. The Balaban J connectivity index is 0.718. The van der Waals surface area contributed by atoms with Crippen LogP contribution < -0.4 is 0 Å². The minimum absolute atomic E-state index is 0.538. The van der Waals surface area contributed by atoms with Gasteiger partial charge in [-0.05, 0) is 147 Å². The Hall–Kier alpha value is -14.1. The Kier molecular flexibility index (Phi) is 13.5. The third-order valence-electron chi connectivity index (χ3n) is 20.7. The van der Waals surface area contributed by atoms with E-state index in [9.17, 15) is 0 Å². The molecule has 0 aliphatic heterocycles. The van der Waals surface area contributed by atoms with Gasteiger partial charge in [0.2, 0.25) is 0 Å². The second kappa shape index (κ2) is 23.8. The molecule has 17 aromatic carbocycles. The lowest BCUT2D eigenvalue weighted by molar-refractivity contribution is 0.669. The molecule has 0 radical (unpaired) electrons. The zero-order valence-corrected chi connectivity index (χ0v) is 55.8. The second-order valence-corrected chi connectivity index (χ2v) is 26.7. The van der Waals surface area contributed by atoms with E-state index in [0.29, 0.717) is 34.9 Å². The molecule has 4 heterocycles. The molecule has 0 fully saturated rings. The molecule has 0 saturated heterocycles. The Morgan fingerprint density at radius 3 is 1.36 bits per heavy atom. The monoisotopic (exact) mass is 1320 g/mol. The lowest BCUT2D eigenvalue weighted by Gasteiger charge is -2.15. The molecule has 4 aromatic heterocycles. The zero-order valence-electron chi connectivity index (χ0n) is 55.8. The molecule has 8 nitrogen and oxygen atoms in total. The molecule has 0 atom stereocenters. The van der Waals surface area contributed by atoms with Crippen molar-refractivity contribution in [1.82, 2.24) is 29.9 Å². The first-order valence-electron chi connectivity index (χ1n) is 35.0. The van der Waals surface area contributed by atoms with Gasteiger partial charge in [0.1, 0.15) is 22.3 Å². The topological polar surface area (TPSA) is 104 Å². The Labute approximate surface area is 596 Å². The van der Waals surface area contributed by atoms with Crippen LogP contribution in [0, 0.1) is 0 Å². The van der Waals surface area contributed by atoms with Gasteiger partial charge in [-0.1, -0.05) is 291 Å². The van der Waals surface area contributed by atoms with Gasteiger partial charge in [0.15, 0.2) is 34.9 Å². The summed E-state index contributed by atoms with van der Waals surface area (Å²) >= 11 is 0. The number of aromatic nitrogens is 6. The predicted molar refractivity (Wildman–Crippen MR) is 427 cm³/mol. The third kappa shape index (κ3) is 9.68. The molecule has 482 valence electrons. The van der Waals surface area contributed by atoms with E-state index in [4.69, 9.17) is 38.7 Å². The molecule has 0 N–H and O–H groups in total. The largest absolute Gasteiger partial charge is 0.455 e. The summed E-state index contributed by atoms with van der Waals surface area (Å²) in [5.41, 5.74) is 16.8.